The molecule has 0 aliphatic carbocycles. The van der Waals surface area contributed by atoms with Crippen molar-refractivity contribution in [1.82, 2.24) is 9.80 Å². The van der Waals surface area contributed by atoms with Crippen molar-refractivity contribution in [2.75, 3.05) is 40.3 Å². The van der Waals surface area contributed by atoms with E-state index >= 15 is 0 Å². The molecule has 1 fully saturated rings. The van der Waals surface area contributed by atoms with Crippen molar-refractivity contribution in [3.8, 4) is 0 Å². The number of hydrogen-bond acceptors (Lipinski definition) is 4. The first-order chi connectivity index (χ1) is 6.94. The molecule has 0 saturated carbocycles. The maximum atomic E-state index is 11.0. The molecule has 0 bridgehead atoms. The summed E-state index contributed by atoms with van der Waals surface area (Å²) in [6.45, 7) is 3.26. The fourth-order valence-corrected chi connectivity index (χ4v) is 1.88. The summed E-state index contributed by atoms with van der Waals surface area (Å²) in [7, 11) is 4.02. The predicted octanol–water partition coefficient (Wildman–Crippen LogP) is -0.574. The Morgan fingerprint density at radius 3 is 2.80 bits per heavy atom. The Hall–Kier alpha value is -0.650. The van der Waals surface area contributed by atoms with Crippen molar-refractivity contribution >= 4 is 5.97 Å². The van der Waals surface area contributed by atoms with E-state index in [1.54, 1.807) is 0 Å². The summed E-state index contributed by atoms with van der Waals surface area (Å²) in [5.41, 5.74) is 4.81. The van der Waals surface area contributed by atoms with E-state index in [0.29, 0.717) is 13.0 Å². The third-order valence-corrected chi connectivity index (χ3v) is 2.89. The largest absolute Gasteiger partial charge is 0.480 e. The minimum atomic E-state index is -1.04. The van der Waals surface area contributed by atoms with Gasteiger partial charge < -0.3 is 15.7 Å². The van der Waals surface area contributed by atoms with Gasteiger partial charge in [-0.3, -0.25) is 9.69 Å². The van der Waals surface area contributed by atoms with Crippen molar-refractivity contribution < 1.29 is 9.90 Å². The van der Waals surface area contributed by atoms with Crippen LogP contribution in [0.3, 0.4) is 0 Å². The third kappa shape index (κ3) is 3.44. The number of hydrogen-bond donors (Lipinski definition) is 2. The minimum absolute atomic E-state index is 0.468. The molecule has 5 heteroatoms. The first-order valence-electron chi connectivity index (χ1n) is 5.33. The van der Waals surface area contributed by atoms with Crippen LogP contribution < -0.4 is 5.73 Å². The monoisotopic (exact) mass is 215 g/mol. The topological polar surface area (TPSA) is 69.8 Å². The molecule has 5 nitrogen and oxygen atoms in total. The van der Waals surface area contributed by atoms with Crippen LogP contribution in [-0.4, -0.2) is 66.7 Å². The molecule has 15 heavy (non-hydrogen) atoms. The van der Waals surface area contributed by atoms with Crippen molar-refractivity contribution in [1.29, 1.82) is 0 Å². The smallest absolute Gasteiger partial charge is 0.325 e. The summed E-state index contributed by atoms with van der Waals surface area (Å²) in [4.78, 5) is 15.2. The molecule has 3 N–H and O–H groups in total. The summed E-state index contributed by atoms with van der Waals surface area (Å²) in [5, 5.41) is 9.03. The van der Waals surface area contributed by atoms with Gasteiger partial charge in [-0.2, -0.15) is 0 Å². The van der Waals surface area contributed by atoms with Gasteiger partial charge in [0.1, 0.15) is 5.54 Å². The highest BCUT2D eigenvalue weighted by atomic mass is 16.4. The predicted molar refractivity (Wildman–Crippen MR) is 58.8 cm³/mol. The van der Waals surface area contributed by atoms with E-state index in [1.165, 1.54) is 0 Å². The van der Waals surface area contributed by atoms with Crippen molar-refractivity contribution in [3.05, 3.63) is 0 Å². The lowest BCUT2D eigenvalue weighted by Gasteiger charge is -2.37. The van der Waals surface area contributed by atoms with Crippen LogP contribution in [0.4, 0.5) is 0 Å². The second kappa shape index (κ2) is 4.92. The molecule has 1 unspecified atom stereocenters. The molecule has 1 heterocycles. The summed E-state index contributed by atoms with van der Waals surface area (Å²) < 4.78 is 0. The first kappa shape index (κ1) is 12.4. The molecule has 1 atom stereocenters. The molecule has 0 radical (unpaired) electrons. The van der Waals surface area contributed by atoms with Crippen LogP contribution in [0.1, 0.15) is 12.8 Å². The zero-order valence-corrected chi connectivity index (χ0v) is 9.57. The van der Waals surface area contributed by atoms with Gasteiger partial charge in [-0.1, -0.05) is 0 Å². The van der Waals surface area contributed by atoms with E-state index in [2.05, 4.69) is 9.80 Å². The molecule has 0 spiro atoms. The molecule has 0 aromatic carbocycles. The van der Waals surface area contributed by atoms with Crippen LogP contribution in [0.25, 0.3) is 0 Å². The highest BCUT2D eigenvalue weighted by Gasteiger charge is 2.38. The standard InChI is InChI=1S/C10H21N3O2/c1-12(2)6-7-13-5-3-4-10(11,8-13)9(14)15/h3-8,11H2,1-2H3,(H,14,15). The van der Waals surface area contributed by atoms with Gasteiger partial charge in [0.05, 0.1) is 0 Å². The zero-order chi connectivity index (χ0) is 11.5. The minimum Gasteiger partial charge on any atom is -0.480 e. The Balaban J connectivity index is 2.45. The maximum Gasteiger partial charge on any atom is 0.325 e. The van der Waals surface area contributed by atoms with E-state index in [4.69, 9.17) is 10.8 Å². The number of likely N-dealkylation sites (N-methyl/N-ethyl adjacent to an activating group) is 1. The van der Waals surface area contributed by atoms with Gasteiger partial charge >= 0.3 is 5.97 Å². The molecule has 0 aromatic heterocycles. The highest BCUT2D eigenvalue weighted by molar-refractivity contribution is 5.78. The van der Waals surface area contributed by atoms with Crippen molar-refractivity contribution in [2.24, 2.45) is 5.73 Å². The van der Waals surface area contributed by atoms with E-state index < -0.39 is 11.5 Å². The average Bonchev–Trinajstić information content (AvgIpc) is 2.15. The Morgan fingerprint density at radius 1 is 1.60 bits per heavy atom. The van der Waals surface area contributed by atoms with Crippen LogP contribution in [-0.2, 0) is 4.79 Å². The lowest BCUT2D eigenvalue weighted by atomic mass is 9.90. The fraction of sp³-hybridized carbons (Fsp3) is 0.900. The van der Waals surface area contributed by atoms with E-state index in [1.807, 2.05) is 14.1 Å². The van der Waals surface area contributed by atoms with Crippen molar-refractivity contribution in [3.63, 3.8) is 0 Å². The van der Waals surface area contributed by atoms with Crippen LogP contribution in [0.5, 0.6) is 0 Å². The molecule has 0 aromatic rings. The molecule has 1 aliphatic rings. The fourth-order valence-electron chi connectivity index (χ4n) is 1.88. The molecular weight excluding hydrogens is 194 g/mol. The number of carboxylic acids is 1. The molecule has 1 rings (SSSR count). The Morgan fingerprint density at radius 2 is 2.27 bits per heavy atom. The van der Waals surface area contributed by atoms with Gasteiger partial charge in [0.25, 0.3) is 0 Å². The lowest BCUT2D eigenvalue weighted by Crippen LogP contribution is -2.59. The van der Waals surface area contributed by atoms with E-state index in [-0.39, 0.29) is 0 Å². The van der Waals surface area contributed by atoms with E-state index in [9.17, 15) is 4.79 Å². The number of piperidine rings is 1. The molecule has 1 saturated heterocycles. The second-order valence-corrected chi connectivity index (χ2v) is 4.64. The summed E-state index contributed by atoms with van der Waals surface area (Å²) in [6.07, 6.45) is 1.46. The molecule has 1 aliphatic heterocycles. The average molecular weight is 215 g/mol. The van der Waals surface area contributed by atoms with Crippen LogP contribution in [0, 0.1) is 0 Å². The van der Waals surface area contributed by atoms with E-state index in [0.717, 1.165) is 26.1 Å². The quantitative estimate of drug-likeness (QED) is 0.657. The lowest BCUT2D eigenvalue weighted by molar-refractivity contribution is -0.145. The second-order valence-electron chi connectivity index (χ2n) is 4.64. The number of rotatable bonds is 4. The summed E-state index contributed by atoms with van der Waals surface area (Å²) >= 11 is 0. The van der Waals surface area contributed by atoms with Crippen LogP contribution >= 0.6 is 0 Å². The number of carboxylic acid groups (broad SMARTS) is 1. The number of carbonyl (C=O) groups is 1. The number of likely N-dealkylation sites (tertiary alicyclic amines) is 1. The number of nitrogens with two attached hydrogens (primary N) is 1. The van der Waals surface area contributed by atoms with Gasteiger partial charge in [-0.05, 0) is 33.5 Å². The van der Waals surface area contributed by atoms with Gasteiger partial charge in [-0.25, -0.2) is 0 Å². The Bertz CT molecular complexity index is 233. The zero-order valence-electron chi connectivity index (χ0n) is 9.57. The normalized spacial score (nSPS) is 28.3. The van der Waals surface area contributed by atoms with Gasteiger partial charge in [0.2, 0.25) is 0 Å². The maximum absolute atomic E-state index is 11.0. The van der Waals surface area contributed by atoms with Crippen LogP contribution in [0.15, 0.2) is 0 Å². The van der Waals surface area contributed by atoms with Gasteiger partial charge in [0.15, 0.2) is 0 Å². The SMILES string of the molecule is CN(C)CCN1CCCC(N)(C(=O)O)C1. The molecular formula is C10H21N3O2. The number of nitrogens with zero attached hydrogens (tertiary/aromatic N) is 2. The molecule has 0 amide bonds. The Kier molecular flexibility index (Phi) is 4.07. The van der Waals surface area contributed by atoms with Crippen molar-refractivity contribution in [2.45, 2.75) is 18.4 Å². The summed E-state index contributed by atoms with van der Waals surface area (Å²) in [5.74, 6) is -0.878. The highest BCUT2D eigenvalue weighted by Crippen LogP contribution is 2.18. The van der Waals surface area contributed by atoms with Gasteiger partial charge in [0, 0.05) is 19.6 Å². The Labute approximate surface area is 90.8 Å². The third-order valence-electron chi connectivity index (χ3n) is 2.89. The van der Waals surface area contributed by atoms with Gasteiger partial charge in [-0.15, -0.1) is 0 Å². The summed E-state index contributed by atoms with van der Waals surface area (Å²) in [6, 6.07) is 0. The van der Waals surface area contributed by atoms with Crippen LogP contribution in [0.2, 0.25) is 0 Å². The molecule has 88 valence electrons. The number of aliphatic carboxylic acids is 1. The first-order valence-corrected chi connectivity index (χ1v) is 5.33.